The van der Waals surface area contributed by atoms with E-state index in [0.717, 1.165) is 51.8 Å². The molecule has 3 saturated heterocycles. The lowest BCUT2D eigenvalue weighted by Crippen LogP contribution is -2.53. The number of nitrogens with zero attached hydrogens (tertiary/aromatic N) is 3. The van der Waals surface area contributed by atoms with Gasteiger partial charge in [0.05, 0.1) is 16.7 Å². The number of aromatic nitrogens is 1. The van der Waals surface area contributed by atoms with Gasteiger partial charge < -0.3 is 14.5 Å². The molecule has 0 N–H and O–H groups in total. The van der Waals surface area contributed by atoms with E-state index < -0.39 is 0 Å². The molecule has 4 heterocycles. The Kier molecular flexibility index (Phi) is 5.37. The Hall–Kier alpha value is -1.66. The monoisotopic (exact) mass is 391 g/mol. The van der Waals surface area contributed by atoms with Crippen LogP contribution < -0.4 is 0 Å². The zero-order valence-electron chi connectivity index (χ0n) is 15.5. The Balaban J connectivity index is 1.37. The van der Waals surface area contributed by atoms with Gasteiger partial charge in [0, 0.05) is 51.6 Å². The van der Waals surface area contributed by atoms with E-state index in [4.69, 9.17) is 16.3 Å². The van der Waals surface area contributed by atoms with Crippen molar-refractivity contribution in [3.63, 3.8) is 0 Å². The molecule has 4 rings (SSSR count). The van der Waals surface area contributed by atoms with Gasteiger partial charge in [0.2, 0.25) is 5.91 Å². The summed E-state index contributed by atoms with van der Waals surface area (Å²) in [5, 5.41) is 0.477. The maximum Gasteiger partial charge on any atom is 0.255 e. The normalized spacial score (nSPS) is 25.2. The molecule has 146 valence electrons. The highest BCUT2D eigenvalue weighted by Crippen LogP contribution is 2.40. The van der Waals surface area contributed by atoms with Crippen LogP contribution in [0.25, 0.3) is 0 Å². The van der Waals surface area contributed by atoms with Crippen LogP contribution >= 0.6 is 11.6 Å². The molecule has 6 nitrogen and oxygen atoms in total. The molecular weight excluding hydrogens is 366 g/mol. The minimum Gasteiger partial charge on any atom is -0.376 e. The number of pyridine rings is 1. The highest BCUT2D eigenvalue weighted by atomic mass is 35.5. The Labute approximate surface area is 164 Å². The number of carbonyl (C=O) groups is 2. The molecule has 1 unspecified atom stereocenters. The second-order valence-corrected chi connectivity index (χ2v) is 8.53. The van der Waals surface area contributed by atoms with Crippen molar-refractivity contribution in [3.8, 4) is 0 Å². The molecule has 1 spiro atoms. The van der Waals surface area contributed by atoms with E-state index in [-0.39, 0.29) is 23.3 Å². The lowest BCUT2D eigenvalue weighted by Gasteiger charge is -2.47. The van der Waals surface area contributed by atoms with E-state index in [1.54, 1.807) is 12.3 Å². The van der Waals surface area contributed by atoms with E-state index in [0.29, 0.717) is 30.1 Å². The van der Waals surface area contributed by atoms with Crippen LogP contribution in [0, 0.1) is 5.41 Å². The molecule has 1 aromatic heterocycles. The second kappa shape index (κ2) is 7.76. The number of halogens is 1. The zero-order valence-corrected chi connectivity index (χ0v) is 16.3. The summed E-state index contributed by atoms with van der Waals surface area (Å²) in [7, 11) is 0. The van der Waals surface area contributed by atoms with E-state index in [1.165, 1.54) is 6.20 Å². The summed E-state index contributed by atoms with van der Waals surface area (Å²) in [4.78, 5) is 33.0. The van der Waals surface area contributed by atoms with Gasteiger partial charge in [0.1, 0.15) is 0 Å². The molecule has 0 radical (unpaired) electrons. The number of piperidine rings is 2. The molecule has 0 aliphatic carbocycles. The van der Waals surface area contributed by atoms with Crippen LogP contribution in [-0.2, 0) is 9.53 Å². The van der Waals surface area contributed by atoms with Crippen LogP contribution in [0.2, 0.25) is 5.02 Å². The fourth-order valence-electron chi connectivity index (χ4n) is 4.61. The van der Waals surface area contributed by atoms with Gasteiger partial charge in [-0.2, -0.15) is 0 Å². The largest absolute Gasteiger partial charge is 0.376 e. The summed E-state index contributed by atoms with van der Waals surface area (Å²) in [6.07, 6.45) is 8.84. The minimum absolute atomic E-state index is 0.0112. The summed E-state index contributed by atoms with van der Waals surface area (Å²) in [6.45, 7) is 3.76. The first kappa shape index (κ1) is 18.7. The third-order valence-electron chi connectivity index (χ3n) is 6.26. The number of amides is 2. The highest BCUT2D eigenvalue weighted by molar-refractivity contribution is 6.30. The lowest BCUT2D eigenvalue weighted by atomic mass is 9.72. The zero-order chi connectivity index (χ0) is 18.9. The number of likely N-dealkylation sites (tertiary alicyclic amines) is 2. The maximum absolute atomic E-state index is 12.7. The Morgan fingerprint density at radius 3 is 2.81 bits per heavy atom. The van der Waals surface area contributed by atoms with Gasteiger partial charge >= 0.3 is 0 Å². The fourth-order valence-corrected chi connectivity index (χ4v) is 4.78. The number of ether oxygens (including phenoxy) is 1. The SMILES string of the molecule is O=C1CCC2(CCN(C(=O)c3cncc(Cl)c3)CC2)CN1CC1CCCO1. The van der Waals surface area contributed by atoms with Gasteiger partial charge in [-0.05, 0) is 43.6 Å². The van der Waals surface area contributed by atoms with Crippen molar-refractivity contribution in [2.24, 2.45) is 5.41 Å². The van der Waals surface area contributed by atoms with Gasteiger partial charge in [-0.1, -0.05) is 11.6 Å². The topological polar surface area (TPSA) is 62.7 Å². The fraction of sp³-hybridized carbons (Fsp3) is 0.650. The molecule has 0 bridgehead atoms. The highest BCUT2D eigenvalue weighted by Gasteiger charge is 2.42. The van der Waals surface area contributed by atoms with Crippen LogP contribution in [0.5, 0.6) is 0 Å². The molecule has 1 atom stereocenters. The molecule has 0 aromatic carbocycles. The Morgan fingerprint density at radius 2 is 2.11 bits per heavy atom. The summed E-state index contributed by atoms with van der Waals surface area (Å²) >= 11 is 5.96. The standard InChI is InChI=1S/C20H26ClN3O3/c21-16-10-15(11-22-12-16)19(26)23-7-5-20(6-8-23)4-3-18(25)24(14-20)13-17-2-1-9-27-17/h10-12,17H,1-9,13-14H2. The predicted molar refractivity (Wildman–Crippen MR) is 102 cm³/mol. The van der Waals surface area contributed by atoms with Crippen molar-refractivity contribution in [2.45, 2.75) is 44.6 Å². The minimum atomic E-state index is -0.0112. The Bertz CT molecular complexity index is 712. The molecule has 2 amide bonds. The molecule has 0 saturated carbocycles. The molecule has 27 heavy (non-hydrogen) atoms. The third kappa shape index (κ3) is 4.11. The lowest BCUT2D eigenvalue weighted by molar-refractivity contribution is -0.141. The average Bonchev–Trinajstić information content (AvgIpc) is 3.18. The van der Waals surface area contributed by atoms with E-state index in [9.17, 15) is 9.59 Å². The van der Waals surface area contributed by atoms with Gasteiger partial charge in [0.15, 0.2) is 0 Å². The number of hydrogen-bond acceptors (Lipinski definition) is 4. The van der Waals surface area contributed by atoms with Crippen molar-refractivity contribution >= 4 is 23.4 Å². The maximum atomic E-state index is 12.7. The van der Waals surface area contributed by atoms with Gasteiger partial charge in [0.25, 0.3) is 5.91 Å². The van der Waals surface area contributed by atoms with Crippen LogP contribution in [0.3, 0.4) is 0 Å². The summed E-state index contributed by atoms with van der Waals surface area (Å²) in [5.74, 6) is 0.239. The van der Waals surface area contributed by atoms with E-state index in [2.05, 4.69) is 4.98 Å². The quantitative estimate of drug-likeness (QED) is 0.794. The molecule has 3 fully saturated rings. The van der Waals surface area contributed by atoms with Crippen molar-refractivity contribution in [1.82, 2.24) is 14.8 Å². The molecule has 1 aromatic rings. The third-order valence-corrected chi connectivity index (χ3v) is 6.47. The van der Waals surface area contributed by atoms with Crippen LogP contribution in [0.1, 0.15) is 48.9 Å². The first-order chi connectivity index (χ1) is 13.0. The van der Waals surface area contributed by atoms with Crippen molar-refractivity contribution < 1.29 is 14.3 Å². The number of rotatable bonds is 3. The van der Waals surface area contributed by atoms with Crippen molar-refractivity contribution in [3.05, 3.63) is 29.0 Å². The van der Waals surface area contributed by atoms with Gasteiger partial charge in [-0.25, -0.2) is 0 Å². The van der Waals surface area contributed by atoms with Crippen molar-refractivity contribution in [2.75, 3.05) is 32.8 Å². The predicted octanol–water partition coefficient (Wildman–Crippen LogP) is 2.76. The Morgan fingerprint density at radius 1 is 1.30 bits per heavy atom. The smallest absolute Gasteiger partial charge is 0.255 e. The second-order valence-electron chi connectivity index (χ2n) is 8.09. The first-order valence-electron chi connectivity index (χ1n) is 9.84. The molecule has 3 aliphatic rings. The summed E-state index contributed by atoms with van der Waals surface area (Å²) in [6, 6.07) is 1.67. The summed E-state index contributed by atoms with van der Waals surface area (Å²) in [5.41, 5.74) is 0.674. The van der Waals surface area contributed by atoms with Crippen LogP contribution in [0.15, 0.2) is 18.5 Å². The summed E-state index contributed by atoms with van der Waals surface area (Å²) < 4.78 is 5.72. The van der Waals surface area contributed by atoms with E-state index >= 15 is 0 Å². The van der Waals surface area contributed by atoms with Crippen molar-refractivity contribution in [1.29, 1.82) is 0 Å². The first-order valence-corrected chi connectivity index (χ1v) is 10.2. The van der Waals surface area contributed by atoms with Gasteiger partial charge in [-0.15, -0.1) is 0 Å². The van der Waals surface area contributed by atoms with Crippen LogP contribution in [0.4, 0.5) is 0 Å². The molecule has 3 aliphatic heterocycles. The number of hydrogen-bond donors (Lipinski definition) is 0. The molecular formula is C20H26ClN3O3. The van der Waals surface area contributed by atoms with E-state index in [1.807, 2.05) is 9.80 Å². The van der Waals surface area contributed by atoms with Crippen LogP contribution in [-0.4, -0.2) is 65.5 Å². The average molecular weight is 392 g/mol. The number of carbonyl (C=O) groups excluding carboxylic acids is 2. The molecule has 7 heteroatoms. The van der Waals surface area contributed by atoms with Gasteiger partial charge in [-0.3, -0.25) is 14.6 Å².